The van der Waals surface area contributed by atoms with Gasteiger partial charge in [0, 0.05) is 25.6 Å². The zero-order valence-electron chi connectivity index (χ0n) is 12.8. The van der Waals surface area contributed by atoms with Gasteiger partial charge in [-0.2, -0.15) is 0 Å². The molecule has 4 atom stereocenters. The summed E-state index contributed by atoms with van der Waals surface area (Å²) in [7, 11) is 0. The maximum absolute atomic E-state index is 12.7. The second-order valence-corrected chi connectivity index (χ2v) is 6.83. The van der Waals surface area contributed by atoms with Gasteiger partial charge in [0.1, 0.15) is 0 Å². The maximum atomic E-state index is 12.7. The number of ether oxygens (including phenoxy) is 1. The van der Waals surface area contributed by atoms with Crippen LogP contribution < -0.4 is 5.73 Å². The summed E-state index contributed by atoms with van der Waals surface area (Å²) in [5.74, 6) is 2.37. The van der Waals surface area contributed by atoms with E-state index in [4.69, 9.17) is 10.5 Å². The van der Waals surface area contributed by atoms with Gasteiger partial charge in [0.05, 0.1) is 12.7 Å². The molecule has 1 heterocycles. The van der Waals surface area contributed by atoms with Crippen molar-refractivity contribution in [2.45, 2.75) is 51.0 Å². The lowest BCUT2D eigenvalue weighted by molar-refractivity contribution is -0.145. The molecule has 2 N–H and O–H groups in total. The predicted molar refractivity (Wildman–Crippen MR) is 85.4 cm³/mol. The van der Waals surface area contributed by atoms with Crippen molar-refractivity contribution in [2.75, 3.05) is 26.2 Å². The minimum absolute atomic E-state index is 0. The Morgan fingerprint density at radius 3 is 2.67 bits per heavy atom. The lowest BCUT2D eigenvalue weighted by Gasteiger charge is -2.41. The molecular formula is C16H29ClN2O2. The number of fused-ring (bicyclic) bond motifs is 1. The Kier molecular flexibility index (Phi) is 6.33. The molecule has 4 nitrogen and oxygen atoms in total. The van der Waals surface area contributed by atoms with E-state index in [-0.39, 0.29) is 24.4 Å². The first kappa shape index (κ1) is 17.0. The second kappa shape index (κ2) is 7.80. The molecule has 3 aliphatic rings. The molecule has 0 radical (unpaired) electrons. The molecule has 1 aliphatic heterocycles. The average molecular weight is 317 g/mol. The maximum Gasteiger partial charge on any atom is 0.225 e. The van der Waals surface area contributed by atoms with E-state index >= 15 is 0 Å². The number of nitrogens with zero attached hydrogens (tertiary/aromatic N) is 1. The van der Waals surface area contributed by atoms with Crippen molar-refractivity contribution in [3.63, 3.8) is 0 Å². The van der Waals surface area contributed by atoms with Gasteiger partial charge in [-0.3, -0.25) is 4.79 Å². The molecular weight excluding hydrogens is 288 g/mol. The Hall–Kier alpha value is -0.320. The van der Waals surface area contributed by atoms with E-state index in [9.17, 15) is 4.79 Å². The Balaban J connectivity index is 0.00000161. The third-order valence-corrected chi connectivity index (χ3v) is 5.60. The van der Waals surface area contributed by atoms with E-state index in [1.54, 1.807) is 0 Å². The molecule has 5 heteroatoms. The number of hydrogen-bond donors (Lipinski definition) is 1. The first-order valence-electron chi connectivity index (χ1n) is 8.38. The highest BCUT2D eigenvalue weighted by molar-refractivity contribution is 5.85. The van der Waals surface area contributed by atoms with E-state index in [2.05, 4.69) is 0 Å². The van der Waals surface area contributed by atoms with Crippen LogP contribution in [0.2, 0.25) is 0 Å². The van der Waals surface area contributed by atoms with Gasteiger partial charge in [0.2, 0.25) is 5.91 Å². The summed E-state index contributed by atoms with van der Waals surface area (Å²) >= 11 is 0. The van der Waals surface area contributed by atoms with Crippen molar-refractivity contribution in [1.82, 2.24) is 4.90 Å². The minimum atomic E-state index is 0. The number of hydrogen-bond acceptors (Lipinski definition) is 3. The van der Waals surface area contributed by atoms with Gasteiger partial charge >= 0.3 is 0 Å². The van der Waals surface area contributed by atoms with Crippen LogP contribution in [0.15, 0.2) is 0 Å². The summed E-state index contributed by atoms with van der Waals surface area (Å²) in [4.78, 5) is 14.7. The van der Waals surface area contributed by atoms with Crippen LogP contribution in [0, 0.1) is 17.8 Å². The van der Waals surface area contributed by atoms with Crippen LogP contribution in [0.1, 0.15) is 44.9 Å². The SMILES string of the molecule is Cl.NCC1CN(C(=O)C2CCC3CCCCC3C2)CCO1. The molecule has 0 bridgehead atoms. The third-order valence-electron chi connectivity index (χ3n) is 5.60. The van der Waals surface area contributed by atoms with Gasteiger partial charge in [-0.1, -0.05) is 25.7 Å². The van der Waals surface area contributed by atoms with Crippen molar-refractivity contribution in [1.29, 1.82) is 0 Å². The number of nitrogens with two attached hydrogens (primary N) is 1. The molecule has 1 amide bonds. The van der Waals surface area contributed by atoms with Gasteiger partial charge in [-0.15, -0.1) is 12.4 Å². The standard InChI is InChI=1S/C16H28N2O2.ClH/c17-10-15-11-18(7-8-20-15)16(19)14-6-5-12-3-1-2-4-13(12)9-14;/h12-15H,1-11,17H2;1H. The normalized spacial score (nSPS) is 36.5. The summed E-state index contributed by atoms with van der Waals surface area (Å²) in [6.45, 7) is 2.60. The van der Waals surface area contributed by atoms with Crippen molar-refractivity contribution in [3.8, 4) is 0 Å². The first-order valence-corrected chi connectivity index (χ1v) is 8.38. The molecule has 4 unspecified atom stereocenters. The number of morpholine rings is 1. The molecule has 0 spiro atoms. The summed E-state index contributed by atoms with van der Waals surface area (Å²) in [6, 6.07) is 0. The van der Waals surface area contributed by atoms with Gasteiger partial charge in [0.25, 0.3) is 0 Å². The van der Waals surface area contributed by atoms with Crippen LogP contribution >= 0.6 is 12.4 Å². The topological polar surface area (TPSA) is 55.6 Å². The fourth-order valence-electron chi connectivity index (χ4n) is 4.42. The highest BCUT2D eigenvalue weighted by Gasteiger charge is 2.37. The highest BCUT2D eigenvalue weighted by atomic mass is 35.5. The van der Waals surface area contributed by atoms with E-state index in [1.165, 1.54) is 32.1 Å². The van der Waals surface area contributed by atoms with Crippen LogP contribution in [0.3, 0.4) is 0 Å². The Bertz CT molecular complexity index is 353. The molecule has 2 saturated carbocycles. The number of carbonyl (C=O) groups is 1. The van der Waals surface area contributed by atoms with Crippen LogP contribution in [0.5, 0.6) is 0 Å². The molecule has 3 fully saturated rings. The van der Waals surface area contributed by atoms with Gasteiger partial charge < -0.3 is 15.4 Å². The van der Waals surface area contributed by atoms with Crippen molar-refractivity contribution < 1.29 is 9.53 Å². The van der Waals surface area contributed by atoms with Gasteiger partial charge in [0.15, 0.2) is 0 Å². The second-order valence-electron chi connectivity index (χ2n) is 6.83. The first-order chi connectivity index (χ1) is 9.78. The van der Waals surface area contributed by atoms with Crippen LogP contribution in [-0.2, 0) is 9.53 Å². The smallest absolute Gasteiger partial charge is 0.225 e. The molecule has 3 rings (SSSR count). The van der Waals surface area contributed by atoms with E-state index < -0.39 is 0 Å². The van der Waals surface area contributed by atoms with Crippen molar-refractivity contribution in [3.05, 3.63) is 0 Å². The number of halogens is 1. The average Bonchev–Trinajstić information content (AvgIpc) is 2.53. The lowest BCUT2D eigenvalue weighted by Crippen LogP contribution is -2.50. The molecule has 0 aromatic rings. The van der Waals surface area contributed by atoms with E-state index in [0.717, 1.165) is 31.2 Å². The predicted octanol–water partition coefficient (Wildman–Crippen LogP) is 2.20. The van der Waals surface area contributed by atoms with Gasteiger partial charge in [-0.25, -0.2) is 0 Å². The fraction of sp³-hybridized carbons (Fsp3) is 0.938. The highest BCUT2D eigenvalue weighted by Crippen LogP contribution is 2.43. The summed E-state index contributed by atoms with van der Waals surface area (Å²) in [5.41, 5.74) is 5.67. The Morgan fingerprint density at radius 1 is 1.14 bits per heavy atom. The fourth-order valence-corrected chi connectivity index (χ4v) is 4.42. The molecule has 0 aromatic heterocycles. The summed E-state index contributed by atoms with van der Waals surface area (Å²) in [5, 5.41) is 0. The van der Waals surface area contributed by atoms with E-state index in [0.29, 0.717) is 25.6 Å². The number of rotatable bonds is 2. The molecule has 122 valence electrons. The van der Waals surface area contributed by atoms with Crippen LogP contribution in [0.4, 0.5) is 0 Å². The third kappa shape index (κ3) is 3.91. The summed E-state index contributed by atoms with van der Waals surface area (Å²) < 4.78 is 5.56. The zero-order chi connectivity index (χ0) is 13.9. The molecule has 21 heavy (non-hydrogen) atoms. The Labute approximate surface area is 134 Å². The van der Waals surface area contributed by atoms with Crippen molar-refractivity contribution in [2.24, 2.45) is 23.5 Å². The quantitative estimate of drug-likeness (QED) is 0.849. The molecule has 1 saturated heterocycles. The largest absolute Gasteiger partial charge is 0.373 e. The van der Waals surface area contributed by atoms with Crippen LogP contribution in [-0.4, -0.2) is 43.2 Å². The van der Waals surface area contributed by atoms with E-state index in [1.807, 2.05) is 4.90 Å². The number of amides is 1. The zero-order valence-corrected chi connectivity index (χ0v) is 13.7. The van der Waals surface area contributed by atoms with Gasteiger partial charge in [-0.05, 0) is 31.1 Å². The monoisotopic (exact) mass is 316 g/mol. The van der Waals surface area contributed by atoms with Crippen molar-refractivity contribution >= 4 is 18.3 Å². The lowest BCUT2D eigenvalue weighted by atomic mass is 9.67. The molecule has 0 aromatic carbocycles. The minimum Gasteiger partial charge on any atom is -0.373 e. The number of carbonyl (C=O) groups excluding carboxylic acids is 1. The summed E-state index contributed by atoms with van der Waals surface area (Å²) in [6.07, 6.45) is 9.07. The Morgan fingerprint density at radius 2 is 1.90 bits per heavy atom. The molecule has 2 aliphatic carbocycles. The van der Waals surface area contributed by atoms with Crippen LogP contribution in [0.25, 0.3) is 0 Å².